The van der Waals surface area contributed by atoms with Gasteiger partial charge in [0.1, 0.15) is 12.1 Å². The number of Topliss-reactive ketones (excluding diaryl/α,β-unsaturated/α-hetero) is 1. The van der Waals surface area contributed by atoms with E-state index in [0.717, 1.165) is 19.3 Å². The fourth-order valence-corrected chi connectivity index (χ4v) is 7.01. The van der Waals surface area contributed by atoms with Crippen LogP contribution in [-0.2, 0) is 23.9 Å². The van der Waals surface area contributed by atoms with Crippen molar-refractivity contribution in [3.05, 3.63) is 0 Å². The van der Waals surface area contributed by atoms with Gasteiger partial charge in [-0.1, -0.05) is 41.5 Å². The molecule has 39 heavy (non-hydrogen) atoms. The van der Waals surface area contributed by atoms with E-state index >= 15 is 0 Å². The Hall–Kier alpha value is -1.55. The van der Waals surface area contributed by atoms with Crippen LogP contribution in [-0.4, -0.2) is 80.7 Å². The summed E-state index contributed by atoms with van der Waals surface area (Å²) < 4.78 is 11.9. The number of esters is 1. The van der Waals surface area contributed by atoms with Crippen LogP contribution in [0.25, 0.3) is 0 Å². The Labute approximate surface area is 233 Å². The molecule has 3 rings (SSSR count). The van der Waals surface area contributed by atoms with E-state index in [1.165, 1.54) is 4.90 Å². The summed E-state index contributed by atoms with van der Waals surface area (Å²) in [6.45, 7) is 11.9. The third-order valence-corrected chi connectivity index (χ3v) is 9.38. The minimum absolute atomic E-state index is 0.0148. The molecule has 2 aliphatic heterocycles. The molecular weight excluding hydrogens is 502 g/mol. The van der Waals surface area contributed by atoms with Gasteiger partial charge in [-0.25, -0.2) is 4.79 Å². The van der Waals surface area contributed by atoms with Crippen molar-refractivity contribution < 1.29 is 39.2 Å². The highest BCUT2D eigenvalue weighted by atomic mass is 16.6. The van der Waals surface area contributed by atoms with Crippen LogP contribution in [0.2, 0.25) is 0 Å². The van der Waals surface area contributed by atoms with Crippen LogP contribution < -0.4 is 0 Å². The van der Waals surface area contributed by atoms with Crippen LogP contribution in [0.3, 0.4) is 0 Å². The number of piperidine rings is 1. The molecule has 2 saturated heterocycles. The zero-order chi connectivity index (χ0) is 29.1. The molecule has 1 aliphatic carbocycles. The highest BCUT2D eigenvalue weighted by Crippen LogP contribution is 2.38. The molecule has 9 heteroatoms. The van der Waals surface area contributed by atoms with Crippen LogP contribution in [0.15, 0.2) is 0 Å². The normalized spacial score (nSPS) is 37.3. The first kappa shape index (κ1) is 32.0. The highest BCUT2D eigenvalue weighted by Gasteiger charge is 2.54. The number of ketones is 1. The van der Waals surface area contributed by atoms with E-state index in [-0.39, 0.29) is 36.3 Å². The lowest BCUT2D eigenvalue weighted by atomic mass is 9.78. The molecule has 10 unspecified atom stereocenters. The number of ether oxygens (including phenoxy) is 2. The fraction of sp³-hybridized carbons (Fsp3) is 0.900. The van der Waals surface area contributed by atoms with Crippen molar-refractivity contribution in [3.63, 3.8) is 0 Å². The van der Waals surface area contributed by atoms with Crippen molar-refractivity contribution >= 4 is 17.7 Å². The van der Waals surface area contributed by atoms with Gasteiger partial charge in [0.25, 0.3) is 11.7 Å². The second-order valence-corrected chi connectivity index (χ2v) is 12.9. The first-order valence-electron chi connectivity index (χ1n) is 15.1. The Morgan fingerprint density at radius 2 is 1.72 bits per heavy atom. The lowest BCUT2D eigenvalue weighted by Gasteiger charge is -2.44. The molecule has 0 aromatic heterocycles. The number of rotatable bonds is 9. The van der Waals surface area contributed by atoms with E-state index in [2.05, 4.69) is 0 Å². The Bertz CT molecular complexity index is 864. The predicted molar refractivity (Wildman–Crippen MR) is 145 cm³/mol. The van der Waals surface area contributed by atoms with Gasteiger partial charge in [0.15, 0.2) is 0 Å². The number of nitrogens with zero attached hydrogens (tertiary/aromatic N) is 1. The third kappa shape index (κ3) is 7.21. The zero-order valence-corrected chi connectivity index (χ0v) is 24.7. The monoisotopic (exact) mass is 553 g/mol. The number of amides is 1. The molecule has 3 fully saturated rings. The number of aliphatic hydroxyl groups is 3. The molecule has 1 saturated carbocycles. The van der Waals surface area contributed by atoms with Gasteiger partial charge in [-0.3, -0.25) is 9.59 Å². The van der Waals surface area contributed by atoms with Gasteiger partial charge in [-0.2, -0.15) is 0 Å². The summed E-state index contributed by atoms with van der Waals surface area (Å²) in [6.07, 6.45) is 3.49. The van der Waals surface area contributed by atoms with Crippen molar-refractivity contribution in [2.24, 2.45) is 29.6 Å². The molecule has 0 radical (unpaired) electrons. The van der Waals surface area contributed by atoms with Gasteiger partial charge in [0.2, 0.25) is 5.79 Å². The van der Waals surface area contributed by atoms with Gasteiger partial charge < -0.3 is 29.7 Å². The maximum Gasteiger partial charge on any atom is 0.329 e. The van der Waals surface area contributed by atoms with Gasteiger partial charge >= 0.3 is 5.97 Å². The summed E-state index contributed by atoms with van der Waals surface area (Å²) >= 11 is 0. The van der Waals surface area contributed by atoms with Gasteiger partial charge in [0.05, 0.1) is 18.3 Å². The second kappa shape index (κ2) is 13.4. The Morgan fingerprint density at radius 1 is 1.03 bits per heavy atom. The Balaban J connectivity index is 1.70. The van der Waals surface area contributed by atoms with Crippen LogP contribution in [0.1, 0.15) is 99.3 Å². The minimum Gasteiger partial charge on any atom is -0.460 e. The fourth-order valence-electron chi connectivity index (χ4n) is 7.01. The molecule has 0 bridgehead atoms. The first-order chi connectivity index (χ1) is 18.3. The van der Waals surface area contributed by atoms with Gasteiger partial charge in [-0.15, -0.1) is 0 Å². The summed E-state index contributed by atoms with van der Waals surface area (Å²) in [6, 6.07) is -0.890. The molecule has 9 nitrogen and oxygen atoms in total. The average molecular weight is 554 g/mol. The van der Waals surface area contributed by atoms with Gasteiger partial charge in [0, 0.05) is 12.5 Å². The smallest absolute Gasteiger partial charge is 0.329 e. The van der Waals surface area contributed by atoms with Crippen LogP contribution in [0, 0.1) is 29.6 Å². The quantitative estimate of drug-likeness (QED) is 0.293. The lowest BCUT2D eigenvalue weighted by molar-refractivity contribution is -0.274. The average Bonchev–Trinajstić information content (AvgIpc) is 2.90. The molecule has 3 N–H and O–H groups in total. The summed E-state index contributed by atoms with van der Waals surface area (Å²) in [4.78, 5) is 41.7. The zero-order valence-electron chi connectivity index (χ0n) is 24.7. The number of aliphatic hydroxyl groups excluding tert-OH is 2. The molecule has 10 atom stereocenters. The molecule has 3 aliphatic rings. The maximum atomic E-state index is 13.5. The molecule has 0 spiro atoms. The van der Waals surface area contributed by atoms with E-state index in [4.69, 9.17) is 9.47 Å². The van der Waals surface area contributed by atoms with Crippen molar-refractivity contribution in [3.8, 4) is 0 Å². The van der Waals surface area contributed by atoms with Crippen molar-refractivity contribution in [1.82, 2.24) is 4.90 Å². The first-order valence-corrected chi connectivity index (χ1v) is 15.1. The molecule has 2 heterocycles. The van der Waals surface area contributed by atoms with E-state index in [9.17, 15) is 29.7 Å². The number of carbonyl (C=O) groups is 3. The number of hydrogen-bond acceptors (Lipinski definition) is 8. The predicted octanol–water partition coefficient (Wildman–Crippen LogP) is 3.21. The molecule has 0 aromatic carbocycles. The lowest BCUT2D eigenvalue weighted by Crippen LogP contribution is -2.61. The summed E-state index contributed by atoms with van der Waals surface area (Å²) in [5.41, 5.74) is 0. The highest BCUT2D eigenvalue weighted by molar-refractivity contribution is 6.39. The van der Waals surface area contributed by atoms with Crippen molar-refractivity contribution in [2.45, 2.75) is 136 Å². The number of hydrogen-bond donors (Lipinski definition) is 3. The second-order valence-electron chi connectivity index (χ2n) is 12.9. The third-order valence-electron chi connectivity index (χ3n) is 9.38. The molecule has 0 aromatic rings. The Kier molecular flexibility index (Phi) is 11.0. The SMILES string of the molecule is CCC1OC(O)(C(=O)C(=O)N2CCCCC2C(=O)OC(C(C)C)C(C)CC2CCC(O)C(O)C2)C(C)CC1C. The Morgan fingerprint density at radius 3 is 2.33 bits per heavy atom. The topological polar surface area (TPSA) is 134 Å². The number of carbonyl (C=O) groups excluding carboxylic acids is 3. The molecule has 1 amide bonds. The standard InChI is InChI=1S/C30H51NO8/c1-7-25-18(4)14-20(6)30(37,39-25)27(34)28(35)31-13-9-8-10-22(31)29(36)38-26(17(2)3)19(5)15-21-11-12-23(32)24(33)16-21/h17-26,32-33,37H,7-16H2,1-6H3. The van der Waals surface area contributed by atoms with Gasteiger partial charge in [-0.05, 0) is 81.5 Å². The molecule has 224 valence electrons. The minimum atomic E-state index is -2.21. The van der Waals surface area contributed by atoms with Crippen LogP contribution in [0.4, 0.5) is 0 Å². The van der Waals surface area contributed by atoms with E-state index in [0.29, 0.717) is 38.5 Å². The van der Waals surface area contributed by atoms with Crippen LogP contribution >= 0.6 is 0 Å². The van der Waals surface area contributed by atoms with E-state index < -0.39 is 53.7 Å². The van der Waals surface area contributed by atoms with E-state index in [1.807, 2.05) is 34.6 Å². The summed E-state index contributed by atoms with van der Waals surface area (Å²) in [5, 5.41) is 31.2. The van der Waals surface area contributed by atoms with Crippen molar-refractivity contribution in [1.29, 1.82) is 0 Å². The summed E-state index contributed by atoms with van der Waals surface area (Å²) in [5.74, 6) is -4.74. The van der Waals surface area contributed by atoms with Crippen LogP contribution in [0.5, 0.6) is 0 Å². The molecular formula is C30H51NO8. The van der Waals surface area contributed by atoms with Crippen molar-refractivity contribution in [2.75, 3.05) is 6.54 Å². The number of likely N-dealkylation sites (tertiary alicyclic amines) is 1. The summed E-state index contributed by atoms with van der Waals surface area (Å²) in [7, 11) is 0. The van der Waals surface area contributed by atoms with E-state index in [1.54, 1.807) is 6.92 Å². The largest absolute Gasteiger partial charge is 0.460 e. The maximum absolute atomic E-state index is 13.5.